The van der Waals surface area contributed by atoms with Crippen LogP contribution in [0.15, 0.2) is 0 Å². The summed E-state index contributed by atoms with van der Waals surface area (Å²) in [6.07, 6.45) is 4.66. The molecule has 0 N–H and O–H groups in total. The highest BCUT2D eigenvalue weighted by Crippen LogP contribution is 2.52. The molecule has 2 bridgehead atoms. The number of rotatable bonds is 0. The number of imide groups is 1. The summed E-state index contributed by atoms with van der Waals surface area (Å²) in [5.41, 5.74) is 0. The van der Waals surface area contributed by atoms with E-state index in [1.54, 1.807) is 7.05 Å². The van der Waals surface area contributed by atoms with E-state index in [2.05, 4.69) is 0 Å². The van der Waals surface area contributed by atoms with Gasteiger partial charge in [-0.05, 0) is 37.5 Å². The predicted molar refractivity (Wildman–Crippen MR) is 50.2 cm³/mol. The number of carbonyl (C=O) groups excluding carboxylic acids is 2. The third-order valence-electron chi connectivity index (χ3n) is 4.45. The van der Waals surface area contributed by atoms with E-state index in [0.29, 0.717) is 11.8 Å². The Morgan fingerprint density at radius 2 is 1.29 bits per heavy atom. The van der Waals surface area contributed by atoms with Crippen LogP contribution in [0.2, 0.25) is 0 Å². The Balaban J connectivity index is 2.02. The summed E-state index contributed by atoms with van der Waals surface area (Å²) in [7, 11) is 1.64. The number of hydrogen-bond acceptors (Lipinski definition) is 2. The molecule has 3 saturated carbocycles. The maximum atomic E-state index is 11.8. The highest BCUT2D eigenvalue weighted by Gasteiger charge is 2.56. The lowest BCUT2D eigenvalue weighted by Gasteiger charge is -2.42. The van der Waals surface area contributed by atoms with Crippen molar-refractivity contribution in [1.82, 2.24) is 4.90 Å². The van der Waals surface area contributed by atoms with Gasteiger partial charge in [0, 0.05) is 7.05 Å². The molecule has 4 fully saturated rings. The molecule has 0 aromatic heterocycles. The number of nitrogens with zero attached hydrogens (tertiary/aromatic N) is 1. The fraction of sp³-hybridized carbons (Fsp3) is 0.818. The largest absolute Gasteiger partial charge is 0.285 e. The van der Waals surface area contributed by atoms with Crippen LogP contribution in [0.3, 0.4) is 0 Å². The van der Waals surface area contributed by atoms with E-state index in [1.165, 1.54) is 30.6 Å². The highest BCUT2D eigenvalue weighted by atomic mass is 16.2. The predicted octanol–water partition coefficient (Wildman–Crippen LogP) is 1.04. The van der Waals surface area contributed by atoms with Gasteiger partial charge in [-0.15, -0.1) is 0 Å². The van der Waals surface area contributed by atoms with Crippen molar-refractivity contribution in [2.24, 2.45) is 23.7 Å². The zero-order valence-corrected chi connectivity index (χ0v) is 8.40. The number of fused-ring (bicyclic) bond motifs is 2. The Labute approximate surface area is 83.5 Å². The van der Waals surface area contributed by atoms with Crippen LogP contribution in [0.1, 0.15) is 25.7 Å². The summed E-state index contributed by atoms with van der Waals surface area (Å²) in [5, 5.41) is 0. The number of carbonyl (C=O) groups is 2. The molecule has 0 radical (unpaired) electrons. The zero-order valence-electron chi connectivity index (χ0n) is 8.40. The minimum atomic E-state index is 0.0556. The molecular weight excluding hydrogens is 178 g/mol. The molecule has 0 spiro atoms. The van der Waals surface area contributed by atoms with E-state index in [4.69, 9.17) is 0 Å². The van der Waals surface area contributed by atoms with Crippen molar-refractivity contribution in [3.05, 3.63) is 0 Å². The van der Waals surface area contributed by atoms with Crippen molar-refractivity contribution in [3.63, 3.8) is 0 Å². The van der Waals surface area contributed by atoms with Gasteiger partial charge >= 0.3 is 0 Å². The molecule has 1 heterocycles. The van der Waals surface area contributed by atoms with E-state index in [-0.39, 0.29) is 23.7 Å². The molecule has 3 aliphatic carbocycles. The van der Waals surface area contributed by atoms with Crippen molar-refractivity contribution in [2.75, 3.05) is 7.05 Å². The van der Waals surface area contributed by atoms with E-state index >= 15 is 0 Å². The molecule has 1 aliphatic heterocycles. The first-order valence-electron chi connectivity index (χ1n) is 5.51. The van der Waals surface area contributed by atoms with Gasteiger partial charge < -0.3 is 0 Å². The van der Waals surface area contributed by atoms with Crippen LogP contribution in [0.25, 0.3) is 0 Å². The maximum Gasteiger partial charge on any atom is 0.233 e. The van der Waals surface area contributed by atoms with Gasteiger partial charge in [0.2, 0.25) is 11.8 Å². The molecule has 3 nitrogen and oxygen atoms in total. The molecule has 4 rings (SSSR count). The van der Waals surface area contributed by atoms with Crippen LogP contribution >= 0.6 is 0 Å². The molecule has 2 unspecified atom stereocenters. The normalized spacial score (nSPS) is 45.9. The third-order valence-corrected chi connectivity index (χ3v) is 4.45. The summed E-state index contributed by atoms with van der Waals surface area (Å²) in [6.45, 7) is 0. The van der Waals surface area contributed by atoms with Crippen molar-refractivity contribution in [2.45, 2.75) is 25.7 Å². The second-order valence-electron chi connectivity index (χ2n) is 4.96. The second kappa shape index (κ2) is 2.59. The Bertz CT molecular complexity index is 274. The Kier molecular flexibility index (Phi) is 1.56. The van der Waals surface area contributed by atoms with Gasteiger partial charge in [0.25, 0.3) is 0 Å². The fourth-order valence-corrected chi connectivity index (χ4v) is 3.72. The zero-order chi connectivity index (χ0) is 9.87. The summed E-state index contributed by atoms with van der Waals surface area (Å²) >= 11 is 0. The van der Waals surface area contributed by atoms with Crippen molar-refractivity contribution < 1.29 is 9.59 Å². The number of hydrogen-bond donors (Lipinski definition) is 0. The highest BCUT2D eigenvalue weighted by molar-refractivity contribution is 6.05. The smallest absolute Gasteiger partial charge is 0.233 e. The van der Waals surface area contributed by atoms with Crippen molar-refractivity contribution >= 4 is 11.8 Å². The first-order chi connectivity index (χ1) is 6.70. The molecule has 1 saturated heterocycles. The topological polar surface area (TPSA) is 37.4 Å². The SMILES string of the molecule is CN1C(=O)C2C3CCC(CC3)C2C1=O. The van der Waals surface area contributed by atoms with Crippen LogP contribution in [0, 0.1) is 23.7 Å². The van der Waals surface area contributed by atoms with Crippen LogP contribution in [-0.4, -0.2) is 23.8 Å². The van der Waals surface area contributed by atoms with Crippen LogP contribution in [-0.2, 0) is 9.59 Å². The third kappa shape index (κ3) is 0.830. The average molecular weight is 193 g/mol. The monoisotopic (exact) mass is 193 g/mol. The standard InChI is InChI=1S/C11H15NO2/c1-12-10(13)8-6-2-3-7(5-4-6)9(8)11(12)14/h6-9H,2-5H2,1H3. The quantitative estimate of drug-likeness (QED) is 0.539. The maximum absolute atomic E-state index is 11.8. The molecule has 4 aliphatic rings. The molecule has 14 heavy (non-hydrogen) atoms. The lowest BCUT2D eigenvalue weighted by molar-refractivity contribution is -0.138. The molecule has 0 aromatic rings. The van der Waals surface area contributed by atoms with Gasteiger partial charge in [-0.1, -0.05) is 0 Å². The van der Waals surface area contributed by atoms with E-state index in [0.717, 1.165) is 0 Å². The first-order valence-corrected chi connectivity index (χ1v) is 5.51. The first kappa shape index (κ1) is 8.45. The molecule has 2 amide bonds. The van der Waals surface area contributed by atoms with Crippen LogP contribution in [0.5, 0.6) is 0 Å². The summed E-state index contributed by atoms with van der Waals surface area (Å²) in [4.78, 5) is 25.1. The average Bonchev–Trinajstić information content (AvgIpc) is 2.47. The molecule has 3 heteroatoms. The van der Waals surface area contributed by atoms with Gasteiger partial charge in [-0.2, -0.15) is 0 Å². The second-order valence-corrected chi connectivity index (χ2v) is 4.96. The minimum Gasteiger partial charge on any atom is -0.285 e. The van der Waals surface area contributed by atoms with Gasteiger partial charge in [0.05, 0.1) is 11.8 Å². The molecular formula is C11H15NO2. The minimum absolute atomic E-state index is 0.0556. The van der Waals surface area contributed by atoms with Gasteiger partial charge in [0.1, 0.15) is 0 Å². The van der Waals surface area contributed by atoms with Gasteiger partial charge in [0.15, 0.2) is 0 Å². The van der Waals surface area contributed by atoms with Gasteiger partial charge in [-0.25, -0.2) is 0 Å². The number of likely N-dealkylation sites (tertiary alicyclic amines) is 1. The summed E-state index contributed by atoms with van der Waals surface area (Å²) in [5.74, 6) is 1.31. The summed E-state index contributed by atoms with van der Waals surface area (Å²) in [6, 6.07) is 0. The Hall–Kier alpha value is -0.860. The van der Waals surface area contributed by atoms with Crippen molar-refractivity contribution in [1.29, 1.82) is 0 Å². The van der Waals surface area contributed by atoms with Crippen LogP contribution < -0.4 is 0 Å². The van der Waals surface area contributed by atoms with E-state index in [1.807, 2.05) is 0 Å². The summed E-state index contributed by atoms with van der Waals surface area (Å²) < 4.78 is 0. The van der Waals surface area contributed by atoms with Crippen LogP contribution in [0.4, 0.5) is 0 Å². The molecule has 0 aromatic carbocycles. The van der Waals surface area contributed by atoms with Crippen molar-refractivity contribution in [3.8, 4) is 0 Å². The van der Waals surface area contributed by atoms with E-state index < -0.39 is 0 Å². The molecule has 76 valence electrons. The number of amides is 2. The lowest BCUT2D eigenvalue weighted by Crippen LogP contribution is -2.41. The fourth-order valence-electron chi connectivity index (χ4n) is 3.72. The Morgan fingerprint density at radius 1 is 0.929 bits per heavy atom. The Morgan fingerprint density at radius 3 is 1.64 bits per heavy atom. The van der Waals surface area contributed by atoms with Gasteiger partial charge in [-0.3, -0.25) is 14.5 Å². The lowest BCUT2D eigenvalue weighted by atomic mass is 9.59. The van der Waals surface area contributed by atoms with E-state index in [9.17, 15) is 9.59 Å². The molecule has 2 atom stereocenters.